The summed E-state index contributed by atoms with van der Waals surface area (Å²) >= 11 is 5.90. The van der Waals surface area contributed by atoms with Gasteiger partial charge in [0.15, 0.2) is 38.8 Å². The van der Waals surface area contributed by atoms with E-state index in [1.54, 1.807) is 12.1 Å². The molecule has 4 N–H and O–H groups in total. The Morgan fingerprint density at radius 1 is 0.508 bits per heavy atom. The van der Waals surface area contributed by atoms with Crippen LogP contribution < -0.4 is 41.0 Å². The molecule has 0 amide bonds. The quantitative estimate of drug-likeness (QED) is 0.0698. The third-order valence-corrected chi connectivity index (χ3v) is 12.2. The maximum atomic E-state index is 6.25. The fourth-order valence-corrected chi connectivity index (χ4v) is 9.16. The summed E-state index contributed by atoms with van der Waals surface area (Å²) < 4.78 is 23.4. The average Bonchev–Trinajstić information content (AvgIpc) is 4.03. The molecule has 2 aliphatic heterocycles. The Bertz CT molecular complexity index is 2820. The summed E-state index contributed by atoms with van der Waals surface area (Å²) in [5, 5.41) is 1.38. The number of nitrogens with two attached hydrogens (primary N) is 2. The van der Waals surface area contributed by atoms with Gasteiger partial charge < -0.3 is 30.4 Å². The van der Waals surface area contributed by atoms with Gasteiger partial charge in [0.05, 0.1) is 16.0 Å². The number of hydrogen-bond donors (Lipinski definition) is 2. The van der Waals surface area contributed by atoms with Crippen LogP contribution in [0.5, 0.6) is 23.0 Å². The number of hydrogen-bond acceptors (Lipinski definition) is 7. The van der Waals surface area contributed by atoms with E-state index < -0.39 is 15.8 Å². The zero-order valence-corrected chi connectivity index (χ0v) is 39.8. The molecule has 0 radical (unpaired) electrons. The van der Waals surface area contributed by atoms with Crippen LogP contribution in [-0.4, -0.2) is 18.5 Å². The van der Waals surface area contributed by atoms with Gasteiger partial charge in [-0.05, 0) is 82.8 Å². The van der Waals surface area contributed by atoms with E-state index in [1.807, 2.05) is 72.8 Å². The Balaban J connectivity index is 0.000000402. The number of thiocarbonyl (C=S) groups is 1. The molecule has 6 rings (SSSR count). The topological polar surface area (TPSA) is 89.0 Å². The van der Waals surface area contributed by atoms with Gasteiger partial charge in [-0.3, -0.25) is 0 Å². The summed E-state index contributed by atoms with van der Waals surface area (Å²) in [5.74, 6) is 42.4. The number of terminal acetylenes is 4. The van der Waals surface area contributed by atoms with Crippen molar-refractivity contribution in [1.82, 2.24) is 0 Å². The van der Waals surface area contributed by atoms with Gasteiger partial charge in [0.1, 0.15) is 33.3 Å². The van der Waals surface area contributed by atoms with E-state index >= 15 is 0 Å². The Morgan fingerprint density at radius 2 is 0.831 bits per heavy atom. The zero-order valence-electron chi connectivity index (χ0n) is 33.8. The van der Waals surface area contributed by atoms with E-state index in [0.29, 0.717) is 49.6 Å². The maximum absolute atomic E-state index is 6.25. The van der Waals surface area contributed by atoms with Gasteiger partial charge >= 0.3 is 34.5 Å². The SMILES string of the molecule is C#CC#CC#C[PH+](C#CC#CC#C)c1ccc2c(c1C(=S)c1c([PH+](C#CC#CC#C)C#CC#CC#C)ccc3c1OCO3)OCO2.NC(c1ccccc1)C(N)c1ccccc1.[Cl][Ru+2][Cl]. The van der Waals surface area contributed by atoms with Crippen LogP contribution >= 0.6 is 47.4 Å². The van der Waals surface area contributed by atoms with Crippen LogP contribution in [0.2, 0.25) is 0 Å². The predicted molar refractivity (Wildman–Crippen MR) is 268 cm³/mol. The third kappa shape index (κ3) is 15.0. The van der Waals surface area contributed by atoms with Crippen LogP contribution in [-0.2, 0) is 15.1 Å². The first-order valence-electron chi connectivity index (χ1n) is 18.3. The van der Waals surface area contributed by atoms with Gasteiger partial charge in [-0.25, -0.2) is 0 Å². The molecule has 0 fully saturated rings. The zero-order chi connectivity index (χ0) is 46.7. The van der Waals surface area contributed by atoms with Crippen molar-refractivity contribution >= 4 is 62.9 Å². The summed E-state index contributed by atoms with van der Waals surface area (Å²) in [5.41, 5.74) is 28.0. The van der Waals surface area contributed by atoms with Crippen molar-refractivity contribution in [3.63, 3.8) is 0 Å². The van der Waals surface area contributed by atoms with Gasteiger partial charge in [0.25, 0.3) is 0 Å². The molecule has 0 bridgehead atoms. The van der Waals surface area contributed by atoms with E-state index in [0.717, 1.165) is 11.1 Å². The van der Waals surface area contributed by atoms with Gasteiger partial charge in [0.2, 0.25) is 13.6 Å². The van der Waals surface area contributed by atoms with Crippen LogP contribution in [0.1, 0.15) is 34.3 Å². The van der Waals surface area contributed by atoms with E-state index in [1.165, 1.54) is 0 Å². The molecule has 0 aromatic heterocycles. The van der Waals surface area contributed by atoms with Crippen molar-refractivity contribution in [1.29, 1.82) is 0 Å². The molecule has 4 aromatic rings. The van der Waals surface area contributed by atoms with Crippen molar-refractivity contribution in [2.75, 3.05) is 13.6 Å². The number of fused-ring (bicyclic) bond motifs is 2. The van der Waals surface area contributed by atoms with Crippen molar-refractivity contribution in [2.45, 2.75) is 12.1 Å². The Labute approximate surface area is 404 Å². The molecule has 12 heteroatoms. The minimum absolute atomic E-state index is 0.0117. The second-order valence-electron chi connectivity index (χ2n) is 12.0. The molecule has 0 saturated heterocycles. The summed E-state index contributed by atoms with van der Waals surface area (Å²) in [7, 11) is 5.60. The van der Waals surface area contributed by atoms with E-state index in [-0.39, 0.29) is 40.8 Å². The van der Waals surface area contributed by atoms with Crippen molar-refractivity contribution in [2.24, 2.45) is 11.5 Å². The molecule has 65 heavy (non-hydrogen) atoms. The van der Waals surface area contributed by atoms with E-state index in [9.17, 15) is 0 Å². The van der Waals surface area contributed by atoms with Crippen LogP contribution in [0.25, 0.3) is 0 Å². The molecule has 0 aliphatic carbocycles. The normalized spacial score (nSPS) is 10.7. The second kappa shape index (κ2) is 28.5. The van der Waals surface area contributed by atoms with E-state index in [4.69, 9.17) is 87.7 Å². The van der Waals surface area contributed by atoms with Gasteiger partial charge in [-0.15, -0.1) is 25.7 Å². The number of ether oxygens (including phenoxy) is 4. The summed E-state index contributed by atoms with van der Waals surface area (Å²) in [6.45, 7) is -0.0235. The average molecular weight is 1020 g/mol. The number of benzene rings is 4. The summed E-state index contributed by atoms with van der Waals surface area (Å²) in [6, 6.07) is 26.8. The summed E-state index contributed by atoms with van der Waals surface area (Å²) in [6.07, 6.45) is 21.1. The fourth-order valence-electron chi connectivity index (χ4n) is 5.68. The molecule has 2 aliphatic rings. The molecule has 310 valence electrons. The molecule has 0 saturated carbocycles. The van der Waals surface area contributed by atoms with Crippen molar-refractivity contribution < 1.29 is 34.1 Å². The fraction of sp³-hybridized carbons (Fsp3) is 0.0755. The monoisotopic (exact) mass is 1020 g/mol. The standard InChI is InChI=1S/C39H12O4P2S.C14H16N2.2ClH.Ru/c1-5-9-13-17-25-44(26-18-14-10-6-2)33-23-21-31-37(42-29-40-31)35(33)39(46)36-34(24-22-32-38(36)43-30-41-32)45(27-19-15-11-7-3)28-20-16-12-8-4;15-13(11-7-3-1-4-8-11)14(16)12-9-5-2-6-10-12;;;/h1-4,21-24H,29-30H2;1-10,13-14H,15-16H2;2*1H;/q;;;;+4. The first kappa shape index (κ1) is 50.5. The Hall–Kier alpha value is -7.13. The second-order valence-corrected chi connectivity index (χ2v) is 18.6. The first-order chi connectivity index (χ1) is 31.8. The number of halogens is 2. The molecule has 2 heterocycles. The molecule has 4 aromatic carbocycles. The molecule has 6 nitrogen and oxygen atoms in total. The van der Waals surface area contributed by atoms with Crippen LogP contribution in [0.3, 0.4) is 0 Å². The van der Waals surface area contributed by atoms with Crippen LogP contribution in [0.4, 0.5) is 0 Å². The first-order valence-corrected chi connectivity index (χ1v) is 26.2. The Morgan fingerprint density at radius 3 is 1.14 bits per heavy atom. The molecule has 2 atom stereocenters. The third-order valence-electron chi connectivity index (χ3n) is 8.37. The van der Waals surface area contributed by atoms with E-state index in [2.05, 4.69) is 117 Å². The molecular formula is C53H30Cl2N2O4P2RuS+4. The van der Waals surface area contributed by atoms with Crippen molar-refractivity contribution in [3.8, 4) is 166 Å². The minimum atomic E-state index is -2.05. The Kier molecular flexibility index (Phi) is 22.2. The van der Waals surface area contributed by atoms with Gasteiger partial charge in [-0.2, -0.15) is 0 Å². The number of rotatable bonds is 7. The molecule has 2 unspecified atom stereocenters. The molecular weight excluding hydrogens is 995 g/mol. The predicted octanol–water partition coefficient (Wildman–Crippen LogP) is 6.74. The van der Waals surface area contributed by atoms with Gasteiger partial charge in [-0.1, -0.05) is 72.9 Å². The van der Waals surface area contributed by atoms with Crippen LogP contribution in [0.15, 0.2) is 84.9 Å². The van der Waals surface area contributed by atoms with Gasteiger partial charge in [0, 0.05) is 59.4 Å². The van der Waals surface area contributed by atoms with Crippen molar-refractivity contribution in [3.05, 3.63) is 107 Å². The summed E-state index contributed by atoms with van der Waals surface area (Å²) in [4.78, 5) is 0.348. The van der Waals surface area contributed by atoms with Crippen LogP contribution in [0, 0.1) is 143 Å². The molecule has 0 spiro atoms.